The van der Waals surface area contributed by atoms with Crippen LogP contribution in [0.15, 0.2) is 65.3 Å². The number of nitrogens with one attached hydrogen (secondary N) is 2. The number of rotatable bonds is 8. The summed E-state index contributed by atoms with van der Waals surface area (Å²) in [6.45, 7) is 0.0970. The van der Waals surface area contributed by atoms with E-state index in [2.05, 4.69) is 42.5 Å². The fourth-order valence-electron chi connectivity index (χ4n) is 2.62. The van der Waals surface area contributed by atoms with Crippen LogP contribution in [0.25, 0.3) is 0 Å². The van der Waals surface area contributed by atoms with Gasteiger partial charge in [-0.15, -0.1) is 6.42 Å². The van der Waals surface area contributed by atoms with E-state index in [0.717, 1.165) is 5.56 Å². The Bertz CT molecular complexity index is 1050. The molecule has 1 aromatic heterocycles. The molecule has 3 aromatic rings. The minimum absolute atomic E-state index is 0.0970. The van der Waals surface area contributed by atoms with E-state index in [1.165, 1.54) is 0 Å². The lowest BCUT2D eigenvalue weighted by molar-refractivity contribution is -0.117. The average molecular weight is 466 g/mol. The minimum Gasteiger partial charge on any atom is -0.464 e. The summed E-state index contributed by atoms with van der Waals surface area (Å²) in [4.78, 5) is 20.9. The van der Waals surface area contributed by atoms with Gasteiger partial charge in [0, 0.05) is 11.4 Å². The zero-order valence-corrected chi connectivity index (χ0v) is 17.6. The van der Waals surface area contributed by atoms with Crippen LogP contribution in [0.2, 0.25) is 0 Å². The Hall–Kier alpha value is -3.41. The summed E-state index contributed by atoms with van der Waals surface area (Å²) >= 11 is 3.32. The molecule has 30 heavy (non-hydrogen) atoms. The number of benzene rings is 2. The molecule has 2 aromatic carbocycles. The number of anilines is 3. The summed E-state index contributed by atoms with van der Waals surface area (Å²) in [5.41, 5.74) is 8.35. The third-order valence-corrected chi connectivity index (χ3v) is 4.57. The average Bonchev–Trinajstić information content (AvgIpc) is 2.75. The maximum absolute atomic E-state index is 12.4. The fourth-order valence-corrected chi connectivity index (χ4v) is 2.93. The molecule has 0 fully saturated rings. The van der Waals surface area contributed by atoms with Crippen molar-refractivity contribution in [1.82, 2.24) is 9.97 Å². The first kappa shape index (κ1) is 21.3. The second kappa shape index (κ2) is 10.4. The quantitative estimate of drug-likeness (QED) is 0.440. The Labute approximate surface area is 183 Å². The number of hydrogen-bond donors (Lipinski definition) is 3. The molecule has 0 unspecified atom stereocenters. The van der Waals surface area contributed by atoms with Crippen LogP contribution in [0.5, 0.6) is 5.88 Å². The SMILES string of the molecule is C#CCOc1nc(Nc2cccc(NC(=O)[C@@H](N)Cc3ccccc3)c2)ncc1Br. The molecule has 1 atom stereocenters. The largest absolute Gasteiger partial charge is 0.464 e. The lowest BCUT2D eigenvalue weighted by atomic mass is 10.1. The van der Waals surface area contributed by atoms with Gasteiger partial charge in [-0.1, -0.05) is 42.3 Å². The van der Waals surface area contributed by atoms with E-state index in [1.807, 2.05) is 36.4 Å². The summed E-state index contributed by atoms with van der Waals surface area (Å²) in [7, 11) is 0. The Balaban J connectivity index is 1.64. The van der Waals surface area contributed by atoms with E-state index in [1.54, 1.807) is 24.4 Å². The molecule has 0 aliphatic carbocycles. The first-order chi connectivity index (χ1) is 14.5. The standard InChI is InChI=1S/C22H20BrN5O2/c1-2-11-30-21-18(23)14-25-22(28-21)27-17-10-6-9-16(13-17)26-20(29)19(24)12-15-7-4-3-5-8-15/h1,3-10,13-14,19H,11-12,24H2,(H,26,29)(H,25,27,28)/t19-/m0/s1. The predicted molar refractivity (Wildman–Crippen MR) is 121 cm³/mol. The number of amides is 1. The second-order valence-electron chi connectivity index (χ2n) is 6.33. The summed E-state index contributed by atoms with van der Waals surface area (Å²) in [6, 6.07) is 16.2. The monoisotopic (exact) mass is 465 g/mol. The molecule has 0 radical (unpaired) electrons. The molecule has 3 rings (SSSR count). The summed E-state index contributed by atoms with van der Waals surface area (Å²) in [6.07, 6.45) is 7.24. The van der Waals surface area contributed by atoms with Gasteiger partial charge in [0.2, 0.25) is 17.7 Å². The van der Waals surface area contributed by atoms with Crippen LogP contribution >= 0.6 is 15.9 Å². The van der Waals surface area contributed by atoms with Crippen molar-refractivity contribution < 1.29 is 9.53 Å². The molecule has 0 saturated carbocycles. The van der Waals surface area contributed by atoms with E-state index in [9.17, 15) is 4.79 Å². The molecular formula is C22H20BrN5O2. The van der Waals surface area contributed by atoms with Crippen molar-refractivity contribution in [1.29, 1.82) is 0 Å². The fraction of sp³-hybridized carbons (Fsp3) is 0.136. The van der Waals surface area contributed by atoms with Gasteiger partial charge in [0.1, 0.15) is 0 Å². The van der Waals surface area contributed by atoms with Gasteiger partial charge in [-0.05, 0) is 46.1 Å². The highest BCUT2D eigenvalue weighted by atomic mass is 79.9. The summed E-state index contributed by atoms with van der Waals surface area (Å²) < 4.78 is 5.97. The van der Waals surface area contributed by atoms with E-state index in [-0.39, 0.29) is 12.5 Å². The van der Waals surface area contributed by atoms with Crippen molar-refractivity contribution in [2.24, 2.45) is 5.73 Å². The molecule has 0 aliphatic rings. The van der Waals surface area contributed by atoms with Crippen LogP contribution in [-0.2, 0) is 11.2 Å². The van der Waals surface area contributed by atoms with Crippen molar-refractivity contribution >= 4 is 39.2 Å². The number of hydrogen-bond acceptors (Lipinski definition) is 6. The van der Waals surface area contributed by atoms with Gasteiger partial charge in [-0.3, -0.25) is 4.79 Å². The number of carbonyl (C=O) groups excluding carboxylic acids is 1. The number of ether oxygens (including phenoxy) is 1. The zero-order valence-electron chi connectivity index (χ0n) is 16.0. The van der Waals surface area contributed by atoms with Gasteiger partial charge in [0.15, 0.2) is 6.61 Å². The molecular weight excluding hydrogens is 446 g/mol. The molecule has 4 N–H and O–H groups in total. The lowest BCUT2D eigenvalue weighted by Crippen LogP contribution is -2.37. The molecule has 7 nitrogen and oxygen atoms in total. The lowest BCUT2D eigenvalue weighted by Gasteiger charge is -2.13. The maximum atomic E-state index is 12.4. The topological polar surface area (TPSA) is 102 Å². The van der Waals surface area contributed by atoms with E-state index in [0.29, 0.717) is 34.1 Å². The highest BCUT2D eigenvalue weighted by Crippen LogP contribution is 2.24. The Morgan fingerprint density at radius 2 is 1.97 bits per heavy atom. The van der Waals surface area contributed by atoms with Gasteiger partial charge >= 0.3 is 0 Å². The van der Waals surface area contributed by atoms with Gasteiger partial charge in [0.25, 0.3) is 0 Å². The van der Waals surface area contributed by atoms with E-state index in [4.69, 9.17) is 16.9 Å². The first-order valence-corrected chi connectivity index (χ1v) is 9.90. The zero-order chi connectivity index (χ0) is 21.3. The van der Waals surface area contributed by atoms with Crippen LogP contribution < -0.4 is 21.1 Å². The van der Waals surface area contributed by atoms with Crippen molar-refractivity contribution in [3.63, 3.8) is 0 Å². The van der Waals surface area contributed by atoms with Crippen molar-refractivity contribution in [2.45, 2.75) is 12.5 Å². The molecule has 0 aliphatic heterocycles. The number of terminal acetylenes is 1. The third-order valence-electron chi connectivity index (χ3n) is 4.03. The number of nitrogens with two attached hydrogens (primary N) is 1. The van der Waals surface area contributed by atoms with Gasteiger partial charge in [0.05, 0.1) is 16.7 Å². The second-order valence-corrected chi connectivity index (χ2v) is 7.19. The van der Waals surface area contributed by atoms with E-state index < -0.39 is 6.04 Å². The summed E-state index contributed by atoms with van der Waals surface area (Å²) in [5.74, 6) is 2.79. The predicted octanol–water partition coefficient (Wildman–Crippen LogP) is 3.50. The van der Waals surface area contributed by atoms with Crippen LogP contribution in [0, 0.1) is 12.3 Å². The molecule has 0 bridgehead atoms. The number of nitrogens with zero attached hydrogens (tertiary/aromatic N) is 2. The van der Waals surface area contributed by atoms with Crippen LogP contribution in [0.4, 0.5) is 17.3 Å². The van der Waals surface area contributed by atoms with Crippen LogP contribution in [0.1, 0.15) is 5.56 Å². The number of aromatic nitrogens is 2. The number of carbonyl (C=O) groups is 1. The maximum Gasteiger partial charge on any atom is 0.241 e. The molecule has 1 amide bonds. The van der Waals surface area contributed by atoms with Crippen molar-refractivity contribution in [2.75, 3.05) is 17.2 Å². The highest BCUT2D eigenvalue weighted by Gasteiger charge is 2.14. The summed E-state index contributed by atoms with van der Waals surface area (Å²) in [5, 5.41) is 5.91. The molecule has 0 spiro atoms. The minimum atomic E-state index is -0.658. The molecule has 1 heterocycles. The third kappa shape index (κ3) is 6.04. The van der Waals surface area contributed by atoms with Crippen molar-refractivity contribution in [3.05, 3.63) is 70.8 Å². The van der Waals surface area contributed by atoms with Gasteiger partial charge in [-0.2, -0.15) is 4.98 Å². The molecule has 152 valence electrons. The molecule has 8 heteroatoms. The van der Waals surface area contributed by atoms with Crippen molar-refractivity contribution in [3.8, 4) is 18.2 Å². The number of halogens is 1. The molecule has 0 saturated heterocycles. The normalized spacial score (nSPS) is 11.2. The Morgan fingerprint density at radius 3 is 2.73 bits per heavy atom. The Morgan fingerprint density at radius 1 is 1.20 bits per heavy atom. The van der Waals surface area contributed by atoms with Crippen LogP contribution in [-0.4, -0.2) is 28.5 Å². The van der Waals surface area contributed by atoms with Gasteiger partial charge in [-0.25, -0.2) is 4.98 Å². The smallest absolute Gasteiger partial charge is 0.241 e. The highest BCUT2D eigenvalue weighted by molar-refractivity contribution is 9.10. The van der Waals surface area contributed by atoms with E-state index >= 15 is 0 Å². The van der Waals surface area contributed by atoms with Gasteiger partial charge < -0.3 is 21.1 Å². The first-order valence-electron chi connectivity index (χ1n) is 9.11. The Kier molecular flexibility index (Phi) is 7.38. The van der Waals surface area contributed by atoms with Crippen LogP contribution in [0.3, 0.4) is 0 Å².